The van der Waals surface area contributed by atoms with Crippen LogP contribution in [-0.4, -0.2) is 59.1 Å². The number of ether oxygens (including phenoxy) is 1. The summed E-state index contributed by atoms with van der Waals surface area (Å²) in [5, 5.41) is 6.42. The molecule has 1 fully saturated rings. The minimum absolute atomic E-state index is 0.156. The predicted molar refractivity (Wildman–Crippen MR) is 145 cm³/mol. The average Bonchev–Trinajstić information content (AvgIpc) is 3.09. The van der Waals surface area contributed by atoms with Crippen molar-refractivity contribution in [1.29, 1.82) is 0 Å². The van der Waals surface area contributed by atoms with Crippen LogP contribution in [0.1, 0.15) is 42.5 Å². The fraction of sp³-hybridized carbons (Fsp3) is 0.393. The summed E-state index contributed by atoms with van der Waals surface area (Å²) in [7, 11) is 2.26. The lowest BCUT2D eigenvalue weighted by Gasteiger charge is -2.41. The molecule has 188 valence electrons. The molecule has 0 aliphatic carbocycles. The number of hydrogen-bond donors (Lipinski definition) is 2. The van der Waals surface area contributed by atoms with Crippen LogP contribution in [0.5, 0.6) is 5.75 Å². The van der Waals surface area contributed by atoms with Crippen LogP contribution in [-0.2, 0) is 6.61 Å². The molecular formula is C28H35N7O. The number of benzene rings is 2. The highest BCUT2D eigenvalue weighted by atomic mass is 16.5. The molecule has 0 saturated carbocycles. The topological polar surface area (TPSA) is 78.4 Å². The van der Waals surface area contributed by atoms with E-state index in [4.69, 9.17) is 4.74 Å². The number of rotatable bonds is 8. The van der Waals surface area contributed by atoms with Crippen LogP contribution in [0, 0.1) is 0 Å². The second kappa shape index (κ2) is 11.0. The van der Waals surface area contributed by atoms with E-state index in [0.29, 0.717) is 37.0 Å². The SMILES string of the molecule is C=CCNc1nc(NCC)nc(N2CCC(N(C)[C@@H]3c4ccccc4COc4ccccc43)CC2)n1. The summed E-state index contributed by atoms with van der Waals surface area (Å²) in [5.74, 6) is 2.86. The van der Waals surface area contributed by atoms with Crippen molar-refractivity contribution in [2.45, 2.75) is 38.5 Å². The summed E-state index contributed by atoms with van der Waals surface area (Å²) in [5.41, 5.74) is 3.82. The smallest absolute Gasteiger partial charge is 0.231 e. The van der Waals surface area contributed by atoms with Crippen LogP contribution < -0.4 is 20.3 Å². The molecule has 1 aromatic heterocycles. The Bertz CT molecular complexity index is 1140. The Balaban J connectivity index is 1.35. The Hall–Kier alpha value is -3.65. The third kappa shape index (κ3) is 4.99. The minimum atomic E-state index is 0.156. The van der Waals surface area contributed by atoms with E-state index in [1.54, 1.807) is 6.08 Å². The van der Waals surface area contributed by atoms with Crippen molar-refractivity contribution in [2.75, 3.05) is 48.8 Å². The largest absolute Gasteiger partial charge is 0.489 e. The van der Waals surface area contributed by atoms with Crippen LogP contribution in [0.4, 0.5) is 17.8 Å². The fourth-order valence-corrected chi connectivity index (χ4v) is 5.20. The highest BCUT2D eigenvalue weighted by molar-refractivity contribution is 5.47. The monoisotopic (exact) mass is 485 g/mol. The Labute approximate surface area is 213 Å². The molecule has 2 aliphatic heterocycles. The van der Waals surface area contributed by atoms with Gasteiger partial charge in [0.25, 0.3) is 0 Å². The van der Waals surface area contributed by atoms with Gasteiger partial charge in [-0.05, 0) is 44.0 Å². The number of para-hydroxylation sites is 1. The molecule has 8 nitrogen and oxygen atoms in total. The Kier molecular flexibility index (Phi) is 7.32. The summed E-state index contributed by atoms with van der Waals surface area (Å²) < 4.78 is 6.21. The van der Waals surface area contributed by atoms with E-state index in [1.807, 2.05) is 6.92 Å². The first-order valence-corrected chi connectivity index (χ1v) is 12.8. The number of fused-ring (bicyclic) bond motifs is 2. The van der Waals surface area contributed by atoms with Gasteiger partial charge in [0, 0.05) is 37.8 Å². The van der Waals surface area contributed by atoms with Crippen molar-refractivity contribution < 1.29 is 4.74 Å². The molecule has 0 bridgehead atoms. The van der Waals surface area contributed by atoms with Gasteiger partial charge in [-0.1, -0.05) is 48.5 Å². The molecule has 2 aromatic carbocycles. The van der Waals surface area contributed by atoms with Gasteiger partial charge < -0.3 is 20.3 Å². The summed E-state index contributed by atoms with van der Waals surface area (Å²) >= 11 is 0. The maximum absolute atomic E-state index is 6.21. The molecule has 2 N–H and O–H groups in total. The molecule has 36 heavy (non-hydrogen) atoms. The molecule has 5 rings (SSSR count). The maximum atomic E-state index is 6.21. The van der Waals surface area contributed by atoms with Crippen LogP contribution in [0.2, 0.25) is 0 Å². The lowest BCUT2D eigenvalue weighted by Crippen LogP contribution is -2.45. The first kappa shape index (κ1) is 24.1. The third-order valence-electron chi connectivity index (χ3n) is 7.04. The Morgan fingerprint density at radius 3 is 2.44 bits per heavy atom. The first-order chi connectivity index (χ1) is 17.7. The van der Waals surface area contributed by atoms with Crippen LogP contribution in [0.3, 0.4) is 0 Å². The lowest BCUT2D eigenvalue weighted by molar-refractivity contribution is 0.169. The van der Waals surface area contributed by atoms with Gasteiger partial charge in [-0.25, -0.2) is 0 Å². The molecule has 3 heterocycles. The molecule has 1 saturated heterocycles. The van der Waals surface area contributed by atoms with Gasteiger partial charge >= 0.3 is 0 Å². The van der Waals surface area contributed by atoms with Gasteiger partial charge in [0.15, 0.2) is 0 Å². The second-order valence-corrected chi connectivity index (χ2v) is 9.29. The number of nitrogens with one attached hydrogen (secondary N) is 2. The van der Waals surface area contributed by atoms with Gasteiger partial charge in [0.2, 0.25) is 17.8 Å². The molecule has 3 aromatic rings. The zero-order valence-corrected chi connectivity index (χ0v) is 21.2. The minimum Gasteiger partial charge on any atom is -0.489 e. The van der Waals surface area contributed by atoms with Crippen molar-refractivity contribution >= 4 is 17.8 Å². The number of nitrogens with zero attached hydrogens (tertiary/aromatic N) is 5. The van der Waals surface area contributed by atoms with E-state index in [-0.39, 0.29) is 6.04 Å². The van der Waals surface area contributed by atoms with E-state index in [1.165, 1.54) is 16.7 Å². The molecule has 0 radical (unpaired) electrons. The van der Waals surface area contributed by atoms with Crippen molar-refractivity contribution in [3.05, 3.63) is 77.9 Å². The molecule has 8 heteroatoms. The Morgan fingerprint density at radius 1 is 1.00 bits per heavy atom. The number of piperidine rings is 1. The maximum Gasteiger partial charge on any atom is 0.231 e. The zero-order chi connectivity index (χ0) is 24.9. The number of aromatic nitrogens is 3. The Morgan fingerprint density at radius 2 is 1.69 bits per heavy atom. The molecule has 1 atom stereocenters. The number of hydrogen-bond acceptors (Lipinski definition) is 8. The van der Waals surface area contributed by atoms with Crippen LogP contribution in [0.15, 0.2) is 61.2 Å². The van der Waals surface area contributed by atoms with Crippen molar-refractivity contribution in [3.8, 4) is 5.75 Å². The van der Waals surface area contributed by atoms with Gasteiger partial charge in [0.1, 0.15) is 12.4 Å². The van der Waals surface area contributed by atoms with E-state index < -0.39 is 0 Å². The lowest BCUT2D eigenvalue weighted by atomic mass is 9.91. The number of anilines is 3. The molecule has 0 unspecified atom stereocenters. The van der Waals surface area contributed by atoms with E-state index in [9.17, 15) is 0 Å². The highest BCUT2D eigenvalue weighted by Gasteiger charge is 2.33. The van der Waals surface area contributed by atoms with E-state index in [0.717, 1.165) is 38.2 Å². The summed E-state index contributed by atoms with van der Waals surface area (Å²) in [6, 6.07) is 17.7. The van der Waals surface area contributed by atoms with Gasteiger partial charge in [-0.15, -0.1) is 6.58 Å². The standard InChI is InChI=1S/C28H35N7O/c1-4-16-30-27-31-26(29-5-2)32-28(33-27)35-17-14-21(15-18-35)34(3)25-22-11-7-6-10-20(22)19-36-24-13-9-8-12-23(24)25/h4,6-13,21,25H,1,5,14-19H2,2-3H3,(H2,29,30,31,32,33)/t25-/m1/s1. The second-order valence-electron chi connectivity index (χ2n) is 9.29. The third-order valence-corrected chi connectivity index (χ3v) is 7.04. The molecular weight excluding hydrogens is 450 g/mol. The van der Waals surface area contributed by atoms with Crippen LogP contribution >= 0.6 is 0 Å². The molecule has 2 aliphatic rings. The molecule has 0 spiro atoms. The van der Waals surface area contributed by atoms with E-state index >= 15 is 0 Å². The van der Waals surface area contributed by atoms with Gasteiger partial charge in [-0.2, -0.15) is 15.0 Å². The summed E-state index contributed by atoms with van der Waals surface area (Å²) in [6.07, 6.45) is 3.85. The van der Waals surface area contributed by atoms with Crippen molar-refractivity contribution in [2.24, 2.45) is 0 Å². The summed E-state index contributed by atoms with van der Waals surface area (Å²) in [4.78, 5) is 18.6. The van der Waals surface area contributed by atoms with Crippen molar-refractivity contribution in [1.82, 2.24) is 19.9 Å². The first-order valence-electron chi connectivity index (χ1n) is 12.8. The normalized spacial score (nSPS) is 17.5. The highest BCUT2D eigenvalue weighted by Crippen LogP contribution is 2.40. The van der Waals surface area contributed by atoms with Gasteiger partial charge in [0.05, 0.1) is 6.04 Å². The van der Waals surface area contributed by atoms with Crippen LogP contribution in [0.25, 0.3) is 0 Å². The zero-order valence-electron chi connectivity index (χ0n) is 21.2. The van der Waals surface area contributed by atoms with Gasteiger partial charge in [-0.3, -0.25) is 4.90 Å². The summed E-state index contributed by atoms with van der Waals surface area (Å²) in [6.45, 7) is 9.55. The van der Waals surface area contributed by atoms with E-state index in [2.05, 4.69) is 97.5 Å². The predicted octanol–water partition coefficient (Wildman–Crippen LogP) is 4.48. The van der Waals surface area contributed by atoms with Crippen molar-refractivity contribution in [3.63, 3.8) is 0 Å². The quantitative estimate of drug-likeness (QED) is 0.452. The molecule has 0 amide bonds. The average molecular weight is 486 g/mol. The fourth-order valence-electron chi connectivity index (χ4n) is 5.20.